The molecule has 106 valence electrons. The number of oxazole rings is 1. The van der Waals surface area contributed by atoms with E-state index >= 15 is 0 Å². The zero-order chi connectivity index (χ0) is 14.8. The van der Waals surface area contributed by atoms with Gasteiger partial charge in [0, 0.05) is 5.56 Å². The summed E-state index contributed by atoms with van der Waals surface area (Å²) >= 11 is 3.28. The summed E-state index contributed by atoms with van der Waals surface area (Å²) in [7, 11) is 0.894. The molecule has 1 aromatic heterocycles. The molecule has 3 nitrogen and oxygen atoms in total. The fourth-order valence-corrected chi connectivity index (χ4v) is 2.16. The van der Waals surface area contributed by atoms with Crippen molar-refractivity contribution >= 4 is 23.2 Å². The third-order valence-electron chi connectivity index (χ3n) is 2.44. The van der Waals surface area contributed by atoms with Crippen molar-refractivity contribution in [3.63, 3.8) is 0 Å². The third-order valence-corrected chi connectivity index (χ3v) is 2.98. The second kappa shape index (κ2) is 5.91. The van der Waals surface area contributed by atoms with E-state index in [1.165, 1.54) is 24.3 Å². The van der Waals surface area contributed by atoms with Crippen LogP contribution in [0.2, 0.25) is 6.82 Å². The molecular formula is C12H10BBrF3NO2. The van der Waals surface area contributed by atoms with E-state index in [4.69, 9.17) is 4.42 Å². The summed E-state index contributed by atoms with van der Waals surface area (Å²) < 4.78 is 46.1. The standard InChI is InChI=1S/C12H10BBrF3NO2/c1-13-6-9-18-11(14)10(19-9)7-2-4-8(5-3-7)20-12(15,16)17/h2-5,13H,6H2,1H3. The van der Waals surface area contributed by atoms with E-state index in [2.05, 4.69) is 25.7 Å². The Kier molecular flexibility index (Phi) is 4.42. The van der Waals surface area contributed by atoms with Gasteiger partial charge < -0.3 is 9.15 Å². The van der Waals surface area contributed by atoms with Crippen molar-refractivity contribution in [2.45, 2.75) is 19.5 Å². The lowest BCUT2D eigenvalue weighted by atomic mass is 9.78. The smallest absolute Gasteiger partial charge is 0.440 e. The molecule has 0 unspecified atom stereocenters. The maximum Gasteiger partial charge on any atom is 0.573 e. The molecule has 0 spiro atoms. The Morgan fingerprint density at radius 2 is 1.95 bits per heavy atom. The molecule has 0 aliphatic carbocycles. The van der Waals surface area contributed by atoms with Crippen LogP contribution in [0.15, 0.2) is 33.3 Å². The number of rotatable bonds is 4. The summed E-state index contributed by atoms with van der Waals surface area (Å²) in [6.45, 7) is 2.00. The molecule has 0 radical (unpaired) electrons. The van der Waals surface area contributed by atoms with Gasteiger partial charge in [-0.1, -0.05) is 6.82 Å². The summed E-state index contributed by atoms with van der Waals surface area (Å²) in [6, 6.07) is 5.44. The normalized spacial score (nSPS) is 11.4. The van der Waals surface area contributed by atoms with Crippen molar-refractivity contribution in [3.05, 3.63) is 34.8 Å². The molecule has 1 heterocycles. The third kappa shape index (κ3) is 3.78. The van der Waals surface area contributed by atoms with Crippen LogP contribution in [0.4, 0.5) is 13.2 Å². The van der Waals surface area contributed by atoms with Crippen LogP contribution in [0.3, 0.4) is 0 Å². The highest BCUT2D eigenvalue weighted by Crippen LogP contribution is 2.31. The van der Waals surface area contributed by atoms with Crippen LogP contribution in [-0.2, 0) is 6.32 Å². The highest BCUT2D eigenvalue weighted by atomic mass is 79.9. The van der Waals surface area contributed by atoms with Gasteiger partial charge in [-0.3, -0.25) is 0 Å². The van der Waals surface area contributed by atoms with Crippen molar-refractivity contribution < 1.29 is 22.3 Å². The molecule has 0 atom stereocenters. The van der Waals surface area contributed by atoms with Crippen LogP contribution in [0.1, 0.15) is 5.89 Å². The highest BCUT2D eigenvalue weighted by Gasteiger charge is 2.31. The second-order valence-corrected chi connectivity index (χ2v) is 4.80. The van der Waals surface area contributed by atoms with Crippen LogP contribution in [0.5, 0.6) is 5.75 Å². The SMILES string of the molecule is CBCc1nc(Br)c(-c2ccc(OC(F)(F)F)cc2)o1. The van der Waals surface area contributed by atoms with E-state index in [-0.39, 0.29) is 5.75 Å². The molecule has 1 aromatic carbocycles. The van der Waals surface area contributed by atoms with E-state index < -0.39 is 6.36 Å². The molecule has 0 N–H and O–H groups in total. The van der Waals surface area contributed by atoms with E-state index in [1.807, 2.05) is 6.82 Å². The largest absolute Gasteiger partial charge is 0.573 e. The maximum absolute atomic E-state index is 12.1. The summed E-state index contributed by atoms with van der Waals surface area (Å²) in [5, 5.41) is 0. The Hall–Kier alpha value is -1.44. The van der Waals surface area contributed by atoms with Gasteiger partial charge in [-0.25, -0.2) is 4.98 Å². The predicted octanol–water partition coefficient (Wildman–Crippen LogP) is 3.99. The Labute approximate surface area is 122 Å². The molecule has 20 heavy (non-hydrogen) atoms. The lowest BCUT2D eigenvalue weighted by Gasteiger charge is -2.08. The minimum Gasteiger partial charge on any atom is -0.440 e. The molecule has 0 bridgehead atoms. The Morgan fingerprint density at radius 1 is 1.30 bits per heavy atom. The summed E-state index contributed by atoms with van der Waals surface area (Å²) in [4.78, 5) is 4.20. The van der Waals surface area contributed by atoms with Gasteiger partial charge in [-0.2, -0.15) is 0 Å². The Balaban J connectivity index is 2.21. The molecule has 0 saturated carbocycles. The second-order valence-electron chi connectivity index (χ2n) is 4.05. The number of aromatic nitrogens is 1. The zero-order valence-corrected chi connectivity index (χ0v) is 12.1. The van der Waals surface area contributed by atoms with Crippen LogP contribution >= 0.6 is 15.9 Å². The highest BCUT2D eigenvalue weighted by molar-refractivity contribution is 9.10. The molecule has 2 rings (SSSR count). The van der Waals surface area contributed by atoms with Gasteiger partial charge >= 0.3 is 6.36 Å². The first-order valence-electron chi connectivity index (χ1n) is 5.90. The van der Waals surface area contributed by atoms with Crippen LogP contribution in [0, 0.1) is 0 Å². The average molecular weight is 348 g/mol. The van der Waals surface area contributed by atoms with E-state index in [9.17, 15) is 13.2 Å². The average Bonchev–Trinajstić information content (AvgIpc) is 2.70. The number of halogens is 4. The molecule has 0 saturated heterocycles. The first kappa shape index (κ1) is 15.0. The minimum absolute atomic E-state index is 0.273. The van der Waals surface area contributed by atoms with Crippen LogP contribution < -0.4 is 4.74 Å². The topological polar surface area (TPSA) is 35.3 Å². The number of ether oxygens (including phenoxy) is 1. The van der Waals surface area contributed by atoms with Crippen LogP contribution in [0.25, 0.3) is 11.3 Å². The molecule has 0 amide bonds. The summed E-state index contributed by atoms with van der Waals surface area (Å²) in [6.07, 6.45) is -3.99. The number of hydrogen-bond donors (Lipinski definition) is 0. The molecule has 2 aromatic rings. The Bertz CT molecular complexity index is 583. The van der Waals surface area contributed by atoms with Gasteiger partial charge in [-0.05, 0) is 46.5 Å². The van der Waals surface area contributed by atoms with Crippen molar-refractivity contribution in [1.82, 2.24) is 4.98 Å². The van der Waals surface area contributed by atoms with Gasteiger partial charge in [0.05, 0.1) is 0 Å². The predicted molar refractivity (Wildman–Crippen MR) is 73.0 cm³/mol. The fraction of sp³-hybridized carbons (Fsp3) is 0.250. The number of hydrogen-bond acceptors (Lipinski definition) is 3. The first-order valence-corrected chi connectivity index (χ1v) is 6.69. The lowest BCUT2D eigenvalue weighted by molar-refractivity contribution is -0.274. The number of alkyl halides is 3. The summed E-state index contributed by atoms with van der Waals surface area (Å²) in [5.74, 6) is 0.808. The van der Waals surface area contributed by atoms with Crippen molar-refractivity contribution in [2.24, 2.45) is 0 Å². The molecule has 0 fully saturated rings. The molecular weight excluding hydrogens is 338 g/mol. The first-order chi connectivity index (χ1) is 9.39. The Morgan fingerprint density at radius 3 is 2.50 bits per heavy atom. The lowest BCUT2D eigenvalue weighted by Crippen LogP contribution is -2.16. The number of benzene rings is 1. The molecule has 0 aliphatic heterocycles. The van der Waals surface area contributed by atoms with Crippen molar-refractivity contribution in [2.75, 3.05) is 0 Å². The van der Waals surface area contributed by atoms with Gasteiger partial charge in [0.2, 0.25) is 0 Å². The van der Waals surface area contributed by atoms with Crippen LogP contribution in [-0.4, -0.2) is 18.6 Å². The van der Waals surface area contributed by atoms with Crippen molar-refractivity contribution in [3.8, 4) is 17.1 Å². The van der Waals surface area contributed by atoms with Gasteiger partial charge in [0.25, 0.3) is 0 Å². The van der Waals surface area contributed by atoms with E-state index in [1.54, 1.807) is 0 Å². The van der Waals surface area contributed by atoms with Crippen molar-refractivity contribution in [1.29, 1.82) is 0 Å². The monoisotopic (exact) mass is 347 g/mol. The molecule has 8 heteroatoms. The molecule has 0 aliphatic rings. The van der Waals surface area contributed by atoms with E-state index in [0.29, 0.717) is 28.1 Å². The number of nitrogens with zero attached hydrogens (tertiary/aromatic N) is 1. The van der Waals surface area contributed by atoms with Gasteiger partial charge in [-0.15, -0.1) is 13.2 Å². The van der Waals surface area contributed by atoms with Gasteiger partial charge in [0.15, 0.2) is 16.3 Å². The van der Waals surface area contributed by atoms with Gasteiger partial charge in [0.1, 0.15) is 13.0 Å². The minimum atomic E-state index is -4.69. The summed E-state index contributed by atoms with van der Waals surface area (Å²) in [5.41, 5.74) is 0.626. The maximum atomic E-state index is 12.1. The van der Waals surface area contributed by atoms with E-state index in [0.717, 1.165) is 7.28 Å². The quantitative estimate of drug-likeness (QED) is 0.784. The fourth-order valence-electron chi connectivity index (χ4n) is 1.65. The zero-order valence-electron chi connectivity index (χ0n) is 10.5.